The SMILES string of the molecule is CCc1cc(C(c2ccccc2OC)[NH+]2CC[NH+](CC)CC2)c(NC(=O)c2ccccc2)s1. The third-order valence-electron chi connectivity index (χ3n) is 6.69. The van der Waals surface area contributed by atoms with Gasteiger partial charge in [0.05, 0.1) is 19.2 Å². The molecule has 0 bridgehead atoms. The van der Waals surface area contributed by atoms with Crippen LogP contribution in [-0.4, -0.2) is 45.7 Å². The fourth-order valence-corrected chi connectivity index (χ4v) is 5.82. The van der Waals surface area contributed by atoms with Gasteiger partial charge in [-0.3, -0.25) is 4.79 Å². The third kappa shape index (κ3) is 5.29. The zero-order valence-corrected chi connectivity index (χ0v) is 20.6. The average molecular weight is 466 g/mol. The van der Waals surface area contributed by atoms with E-state index < -0.39 is 0 Å². The number of aryl methyl sites for hydroxylation is 1. The second-order valence-corrected chi connectivity index (χ2v) is 9.74. The molecule has 0 spiro atoms. The summed E-state index contributed by atoms with van der Waals surface area (Å²) in [6, 6.07) is 20.2. The number of anilines is 1. The second kappa shape index (κ2) is 11.0. The summed E-state index contributed by atoms with van der Waals surface area (Å²) < 4.78 is 5.80. The number of para-hydroxylation sites is 1. The number of benzene rings is 2. The molecule has 6 heteroatoms. The highest BCUT2D eigenvalue weighted by Gasteiger charge is 2.35. The lowest BCUT2D eigenvalue weighted by molar-refractivity contribution is -1.02. The lowest BCUT2D eigenvalue weighted by Gasteiger charge is -2.35. The minimum Gasteiger partial charge on any atom is -0.496 e. The van der Waals surface area contributed by atoms with E-state index in [4.69, 9.17) is 4.74 Å². The molecule has 174 valence electrons. The number of hydrogen-bond donors (Lipinski definition) is 3. The Morgan fingerprint density at radius 2 is 1.70 bits per heavy atom. The number of nitrogens with one attached hydrogen (secondary N) is 3. The molecular formula is C27H35N3O2S+2. The molecule has 0 aliphatic carbocycles. The number of thiophene rings is 1. The summed E-state index contributed by atoms with van der Waals surface area (Å²) in [5.41, 5.74) is 3.06. The van der Waals surface area contributed by atoms with Crippen LogP contribution in [0.1, 0.15) is 46.3 Å². The van der Waals surface area contributed by atoms with Crippen molar-refractivity contribution >= 4 is 22.2 Å². The Bertz CT molecular complexity index is 1060. The molecule has 3 N–H and O–H groups in total. The fraction of sp³-hybridized carbons (Fsp3) is 0.370. The van der Waals surface area contributed by atoms with E-state index in [2.05, 4.69) is 37.4 Å². The van der Waals surface area contributed by atoms with E-state index in [-0.39, 0.29) is 11.9 Å². The van der Waals surface area contributed by atoms with Crippen LogP contribution in [0.5, 0.6) is 5.75 Å². The van der Waals surface area contributed by atoms with E-state index in [0.717, 1.165) is 43.4 Å². The number of rotatable bonds is 8. The number of hydrogen-bond acceptors (Lipinski definition) is 3. The predicted octanol–water partition coefficient (Wildman–Crippen LogP) is 2.46. The molecule has 1 fully saturated rings. The van der Waals surface area contributed by atoms with Gasteiger partial charge in [-0.05, 0) is 43.7 Å². The van der Waals surface area contributed by atoms with E-state index in [1.165, 1.54) is 27.4 Å². The maximum absolute atomic E-state index is 13.1. The lowest BCUT2D eigenvalue weighted by Crippen LogP contribution is -3.28. The highest BCUT2D eigenvalue weighted by atomic mass is 32.1. The van der Waals surface area contributed by atoms with E-state index >= 15 is 0 Å². The first kappa shape index (κ1) is 23.5. The molecule has 3 aromatic rings. The molecular weight excluding hydrogens is 430 g/mol. The van der Waals surface area contributed by atoms with Crippen LogP contribution in [0.3, 0.4) is 0 Å². The smallest absolute Gasteiger partial charge is 0.256 e. The summed E-state index contributed by atoms with van der Waals surface area (Å²) in [6.07, 6.45) is 0.945. The Kier molecular flexibility index (Phi) is 7.81. The monoisotopic (exact) mass is 465 g/mol. The van der Waals surface area contributed by atoms with Crippen LogP contribution >= 0.6 is 11.3 Å². The fourth-order valence-electron chi connectivity index (χ4n) is 4.79. The average Bonchev–Trinajstić information content (AvgIpc) is 3.27. The number of carbonyl (C=O) groups excluding carboxylic acids is 1. The van der Waals surface area contributed by atoms with Gasteiger partial charge < -0.3 is 19.9 Å². The number of ether oxygens (including phenoxy) is 1. The van der Waals surface area contributed by atoms with Crippen LogP contribution in [0, 0.1) is 0 Å². The number of likely N-dealkylation sites (N-methyl/N-ethyl adjacent to an activating group) is 1. The largest absolute Gasteiger partial charge is 0.496 e. The lowest BCUT2D eigenvalue weighted by atomic mass is 9.96. The summed E-state index contributed by atoms with van der Waals surface area (Å²) >= 11 is 1.70. The summed E-state index contributed by atoms with van der Waals surface area (Å²) in [6.45, 7) is 10.1. The summed E-state index contributed by atoms with van der Waals surface area (Å²) in [4.78, 5) is 17.5. The molecule has 1 amide bonds. The number of methoxy groups -OCH3 is 1. The van der Waals surface area contributed by atoms with E-state index in [1.807, 2.05) is 42.5 Å². The van der Waals surface area contributed by atoms with E-state index in [1.54, 1.807) is 23.3 Å². The molecule has 4 rings (SSSR count). The van der Waals surface area contributed by atoms with E-state index in [0.29, 0.717) is 5.56 Å². The van der Waals surface area contributed by atoms with E-state index in [9.17, 15) is 4.79 Å². The zero-order chi connectivity index (χ0) is 23.2. The summed E-state index contributed by atoms with van der Waals surface area (Å²) in [7, 11) is 1.74. The van der Waals surface area contributed by atoms with Crippen LogP contribution in [-0.2, 0) is 6.42 Å². The van der Waals surface area contributed by atoms with Crippen LogP contribution < -0.4 is 19.9 Å². The Hall–Kier alpha value is -2.67. The van der Waals surface area contributed by atoms with Crippen molar-refractivity contribution in [1.29, 1.82) is 0 Å². The quantitative estimate of drug-likeness (QED) is 0.479. The molecule has 0 radical (unpaired) electrons. The van der Waals surface area contributed by atoms with Gasteiger partial charge in [-0.25, -0.2) is 0 Å². The molecule has 1 aliphatic rings. The first-order chi connectivity index (χ1) is 16.1. The van der Waals surface area contributed by atoms with Gasteiger partial charge in [-0.2, -0.15) is 0 Å². The van der Waals surface area contributed by atoms with Crippen molar-refractivity contribution in [2.24, 2.45) is 0 Å². The molecule has 2 heterocycles. The predicted molar refractivity (Wildman–Crippen MR) is 135 cm³/mol. The first-order valence-electron chi connectivity index (χ1n) is 11.9. The molecule has 33 heavy (non-hydrogen) atoms. The Morgan fingerprint density at radius 3 is 2.36 bits per heavy atom. The van der Waals surface area contributed by atoms with Crippen molar-refractivity contribution in [2.75, 3.05) is 45.2 Å². The maximum Gasteiger partial charge on any atom is 0.256 e. The number of carbonyl (C=O) groups is 1. The van der Waals surface area contributed by atoms with Gasteiger partial charge in [0.15, 0.2) is 0 Å². The second-order valence-electron chi connectivity index (χ2n) is 8.61. The van der Waals surface area contributed by atoms with Crippen molar-refractivity contribution in [3.05, 3.63) is 82.2 Å². The van der Waals surface area contributed by atoms with Gasteiger partial charge in [-0.1, -0.05) is 37.3 Å². The third-order valence-corrected chi connectivity index (χ3v) is 7.90. The Labute approximate surface area is 201 Å². The Morgan fingerprint density at radius 1 is 1.00 bits per heavy atom. The van der Waals surface area contributed by atoms with Crippen LogP contribution in [0.2, 0.25) is 0 Å². The Balaban J connectivity index is 1.75. The topological polar surface area (TPSA) is 47.2 Å². The van der Waals surface area contributed by atoms with Crippen molar-refractivity contribution in [3.8, 4) is 5.75 Å². The van der Waals surface area contributed by atoms with Gasteiger partial charge >= 0.3 is 0 Å². The number of quaternary nitrogens is 2. The molecule has 1 aliphatic heterocycles. The van der Waals surface area contributed by atoms with Gasteiger partial charge in [0.1, 0.15) is 43.0 Å². The molecule has 0 saturated carbocycles. The van der Waals surface area contributed by atoms with Crippen molar-refractivity contribution in [2.45, 2.75) is 26.3 Å². The number of piperazine rings is 1. The van der Waals surface area contributed by atoms with Crippen LogP contribution in [0.4, 0.5) is 5.00 Å². The van der Waals surface area contributed by atoms with Crippen molar-refractivity contribution < 1.29 is 19.3 Å². The molecule has 1 unspecified atom stereocenters. The van der Waals surface area contributed by atoms with Crippen LogP contribution in [0.15, 0.2) is 60.7 Å². The maximum atomic E-state index is 13.1. The van der Waals surface area contributed by atoms with Gasteiger partial charge in [0.2, 0.25) is 0 Å². The minimum absolute atomic E-state index is 0.0598. The minimum atomic E-state index is -0.0598. The number of amides is 1. The first-order valence-corrected chi connectivity index (χ1v) is 12.8. The van der Waals surface area contributed by atoms with Gasteiger partial charge in [0.25, 0.3) is 5.91 Å². The van der Waals surface area contributed by atoms with Crippen molar-refractivity contribution in [1.82, 2.24) is 0 Å². The zero-order valence-electron chi connectivity index (χ0n) is 19.8. The molecule has 5 nitrogen and oxygen atoms in total. The molecule has 1 aromatic heterocycles. The molecule has 2 aromatic carbocycles. The highest BCUT2D eigenvalue weighted by molar-refractivity contribution is 7.16. The summed E-state index contributed by atoms with van der Waals surface area (Å²) in [5, 5.41) is 4.20. The van der Waals surface area contributed by atoms with Crippen molar-refractivity contribution in [3.63, 3.8) is 0 Å². The van der Waals surface area contributed by atoms with Gasteiger partial charge in [0, 0.05) is 16.0 Å². The molecule has 1 atom stereocenters. The molecule has 1 saturated heterocycles. The summed E-state index contributed by atoms with van der Waals surface area (Å²) in [5.74, 6) is 0.847. The van der Waals surface area contributed by atoms with Crippen LogP contribution in [0.25, 0.3) is 0 Å². The van der Waals surface area contributed by atoms with Gasteiger partial charge in [-0.15, -0.1) is 11.3 Å². The standard InChI is InChI=1S/C27H33N3O2S/c1-4-21-19-23(27(33-21)28-26(31)20-11-7-6-8-12-20)25(22-13-9-10-14-24(22)32-3)30-17-15-29(5-2)16-18-30/h6-14,19,25H,4-5,15-18H2,1-3H3,(H,28,31)/p+2. The highest BCUT2D eigenvalue weighted by Crippen LogP contribution is 2.37. The normalized spacial score (nSPS) is 19.1.